The molecule has 34 heavy (non-hydrogen) atoms. The maximum absolute atomic E-state index is 11.7. The van der Waals surface area contributed by atoms with E-state index in [-0.39, 0.29) is 17.7 Å². The van der Waals surface area contributed by atoms with Gasteiger partial charge in [-0.1, -0.05) is 18.4 Å². The highest BCUT2D eigenvalue weighted by Crippen LogP contribution is 2.25. The van der Waals surface area contributed by atoms with Gasteiger partial charge in [0, 0.05) is 12.5 Å². The van der Waals surface area contributed by atoms with E-state index in [1.807, 2.05) is 0 Å². The predicted octanol–water partition coefficient (Wildman–Crippen LogP) is -0.933. The van der Waals surface area contributed by atoms with Crippen molar-refractivity contribution < 1.29 is 54.1 Å². The third-order valence-electron chi connectivity index (χ3n) is 4.76. The van der Waals surface area contributed by atoms with Gasteiger partial charge in [-0.05, 0) is 18.2 Å². The monoisotopic (exact) mass is 479 g/mol. The van der Waals surface area contributed by atoms with Crippen LogP contribution in [0.3, 0.4) is 0 Å². The van der Waals surface area contributed by atoms with Crippen molar-refractivity contribution in [3.05, 3.63) is 41.5 Å². The van der Waals surface area contributed by atoms with Crippen LogP contribution in [0.15, 0.2) is 30.4 Å². The fraction of sp³-hybridized carbons (Fsp3) is 0.409. The Labute approximate surface area is 194 Å². The molecule has 1 aliphatic heterocycles. The molecule has 0 aliphatic carbocycles. The summed E-state index contributed by atoms with van der Waals surface area (Å²) in [6.07, 6.45) is -5.04. The molecule has 5 atom stereocenters. The first kappa shape index (κ1) is 26.8. The number of aliphatic hydroxyl groups is 2. The van der Waals surface area contributed by atoms with Crippen molar-refractivity contribution in [3.63, 3.8) is 0 Å². The van der Waals surface area contributed by atoms with E-state index in [1.165, 1.54) is 25.1 Å². The third kappa shape index (κ3) is 7.01. The van der Waals surface area contributed by atoms with Gasteiger partial charge in [0.25, 0.3) is 0 Å². The summed E-state index contributed by atoms with van der Waals surface area (Å²) in [4.78, 5) is 33.8. The number of carboxylic acids is 2. The molecule has 1 aliphatic rings. The molecule has 0 spiro atoms. The molecule has 1 fully saturated rings. The largest absolute Gasteiger partial charge is 0.507 e. The van der Waals surface area contributed by atoms with E-state index in [4.69, 9.17) is 24.4 Å². The minimum absolute atomic E-state index is 0.271. The molecule has 6 N–H and O–H groups in total. The summed E-state index contributed by atoms with van der Waals surface area (Å²) in [5, 5.41) is 50.2. The van der Waals surface area contributed by atoms with Crippen molar-refractivity contribution in [2.24, 2.45) is 0 Å². The number of amides is 1. The Morgan fingerprint density at radius 3 is 2.53 bits per heavy atom. The van der Waals surface area contributed by atoms with Crippen LogP contribution < -0.4 is 5.32 Å². The Hall–Kier alpha value is -3.47. The number of carbonyl (C=O) groups excluding carboxylic acids is 1. The van der Waals surface area contributed by atoms with Gasteiger partial charge in [-0.2, -0.15) is 0 Å². The van der Waals surface area contributed by atoms with Gasteiger partial charge in [-0.15, -0.1) is 0 Å². The van der Waals surface area contributed by atoms with E-state index in [1.54, 1.807) is 0 Å². The summed E-state index contributed by atoms with van der Waals surface area (Å²) in [7, 11) is 0. The molecule has 1 aromatic carbocycles. The molecule has 1 saturated heterocycles. The lowest BCUT2D eigenvalue weighted by Crippen LogP contribution is -2.65. The van der Waals surface area contributed by atoms with Gasteiger partial charge in [0.1, 0.15) is 42.3 Å². The number of aliphatic hydroxyl groups excluding tert-OH is 2. The van der Waals surface area contributed by atoms with E-state index in [2.05, 4.69) is 23.7 Å². The van der Waals surface area contributed by atoms with Gasteiger partial charge in [-0.25, -0.2) is 9.59 Å². The van der Waals surface area contributed by atoms with Crippen molar-refractivity contribution in [2.45, 2.75) is 37.6 Å². The molecular formula is C22H25NO11. The van der Waals surface area contributed by atoms with Gasteiger partial charge in [0.15, 0.2) is 6.29 Å². The van der Waals surface area contributed by atoms with Crippen molar-refractivity contribution >= 4 is 17.8 Å². The number of aromatic carboxylic acids is 1. The Kier molecular flexibility index (Phi) is 9.55. The fourth-order valence-electron chi connectivity index (χ4n) is 3.10. The molecular weight excluding hydrogens is 454 g/mol. The molecule has 1 heterocycles. The number of rotatable bonds is 9. The summed E-state index contributed by atoms with van der Waals surface area (Å²) < 4.78 is 16.6. The molecule has 12 nitrogen and oxygen atoms in total. The second-order valence-corrected chi connectivity index (χ2v) is 7.28. The number of ether oxygens (including phenoxy) is 3. The number of hydrogen-bond acceptors (Lipinski definition) is 9. The lowest BCUT2D eigenvalue weighted by atomic mass is 9.96. The fourth-order valence-corrected chi connectivity index (χ4v) is 3.10. The molecule has 12 heteroatoms. The standard InChI is InChI=1S/C22H25NO11/c1-11(20(28)29)10-33-19-17(23-12(2)25)22(34-16(9-24)18(19)27)32-7-3-4-13-5-6-15(26)14(8-13)21(30)31/h5-6,8,16-19,22,24,26-27H,1,7,9-10H2,2H3,(H,23,25)(H,28,29)(H,30,31)/t16?,17-,18+,19?,22+/m1/s1. The highest BCUT2D eigenvalue weighted by Gasteiger charge is 2.47. The summed E-state index contributed by atoms with van der Waals surface area (Å²) in [6, 6.07) is 2.68. The quantitative estimate of drug-likeness (QED) is 0.189. The average molecular weight is 479 g/mol. The summed E-state index contributed by atoms with van der Waals surface area (Å²) in [5.74, 6) is 1.74. The van der Waals surface area contributed by atoms with E-state index in [9.17, 15) is 29.7 Å². The van der Waals surface area contributed by atoms with Crippen LogP contribution in [0, 0.1) is 11.8 Å². The van der Waals surface area contributed by atoms with E-state index in [0.717, 1.165) is 0 Å². The number of aliphatic carboxylic acids is 1. The van der Waals surface area contributed by atoms with Crippen molar-refractivity contribution in [2.75, 3.05) is 19.8 Å². The van der Waals surface area contributed by atoms with E-state index >= 15 is 0 Å². The number of carbonyl (C=O) groups is 3. The first-order valence-corrected chi connectivity index (χ1v) is 9.96. The van der Waals surface area contributed by atoms with Crippen LogP contribution in [0.25, 0.3) is 0 Å². The highest BCUT2D eigenvalue weighted by molar-refractivity contribution is 5.91. The number of phenols is 1. The first-order chi connectivity index (χ1) is 16.0. The maximum atomic E-state index is 11.7. The van der Waals surface area contributed by atoms with Gasteiger partial charge >= 0.3 is 11.9 Å². The minimum Gasteiger partial charge on any atom is -0.507 e. The Morgan fingerprint density at radius 1 is 1.24 bits per heavy atom. The zero-order valence-corrected chi connectivity index (χ0v) is 18.1. The van der Waals surface area contributed by atoms with Gasteiger partial charge in [-0.3, -0.25) is 4.79 Å². The average Bonchev–Trinajstić information content (AvgIpc) is 2.77. The normalized spacial score (nSPS) is 23.9. The molecule has 1 amide bonds. The maximum Gasteiger partial charge on any atom is 0.339 e. The smallest absolute Gasteiger partial charge is 0.339 e. The zero-order valence-electron chi connectivity index (χ0n) is 18.1. The van der Waals surface area contributed by atoms with Crippen LogP contribution in [-0.2, 0) is 23.8 Å². The number of aromatic hydroxyl groups is 1. The van der Waals surface area contributed by atoms with Crippen LogP contribution in [0.2, 0.25) is 0 Å². The lowest BCUT2D eigenvalue weighted by molar-refractivity contribution is -0.272. The second kappa shape index (κ2) is 12.1. The number of benzene rings is 1. The number of hydrogen-bond donors (Lipinski definition) is 6. The van der Waals surface area contributed by atoms with Gasteiger partial charge in [0.05, 0.1) is 18.8 Å². The summed E-state index contributed by atoms with van der Waals surface area (Å²) in [6.45, 7) is 3.19. The van der Waals surface area contributed by atoms with Gasteiger partial charge < -0.3 is 45.1 Å². The number of nitrogens with one attached hydrogen (secondary N) is 1. The lowest BCUT2D eigenvalue weighted by Gasteiger charge is -2.43. The molecule has 184 valence electrons. The molecule has 0 radical (unpaired) electrons. The van der Waals surface area contributed by atoms with Crippen molar-refractivity contribution in [3.8, 4) is 17.6 Å². The van der Waals surface area contributed by atoms with Crippen LogP contribution in [0.5, 0.6) is 5.75 Å². The SMILES string of the molecule is C=C(COC1[C@@H](O)C(CO)O[C@H](OCC#Cc2ccc(O)c(C(=O)O)c2)[C@@H]1NC(C)=O)C(=O)O. The summed E-state index contributed by atoms with van der Waals surface area (Å²) >= 11 is 0. The topological polar surface area (TPSA) is 192 Å². The van der Waals surface area contributed by atoms with E-state index in [0.29, 0.717) is 5.56 Å². The second-order valence-electron chi connectivity index (χ2n) is 7.28. The molecule has 0 aromatic heterocycles. The van der Waals surface area contributed by atoms with Crippen LogP contribution in [0.1, 0.15) is 22.8 Å². The number of carboxylic acid groups (broad SMARTS) is 2. The van der Waals surface area contributed by atoms with Crippen LogP contribution in [0.4, 0.5) is 0 Å². The Bertz CT molecular complexity index is 996. The zero-order chi connectivity index (χ0) is 25.4. The molecule has 0 bridgehead atoms. The molecule has 1 aromatic rings. The summed E-state index contributed by atoms with van der Waals surface area (Å²) in [5.41, 5.74) is -0.325. The highest BCUT2D eigenvalue weighted by atomic mass is 16.7. The predicted molar refractivity (Wildman–Crippen MR) is 114 cm³/mol. The Morgan fingerprint density at radius 2 is 1.94 bits per heavy atom. The molecule has 0 saturated carbocycles. The van der Waals surface area contributed by atoms with Crippen LogP contribution >= 0.6 is 0 Å². The minimum atomic E-state index is -1.43. The molecule has 2 rings (SSSR count). The van der Waals surface area contributed by atoms with Crippen molar-refractivity contribution in [1.29, 1.82) is 0 Å². The Balaban J connectivity index is 2.18. The molecule has 2 unspecified atom stereocenters. The van der Waals surface area contributed by atoms with E-state index < -0.39 is 67.5 Å². The van der Waals surface area contributed by atoms with Crippen LogP contribution in [-0.4, -0.2) is 93.8 Å². The van der Waals surface area contributed by atoms with Crippen molar-refractivity contribution in [1.82, 2.24) is 5.32 Å². The first-order valence-electron chi connectivity index (χ1n) is 9.96. The van der Waals surface area contributed by atoms with Gasteiger partial charge in [0.2, 0.25) is 5.91 Å². The third-order valence-corrected chi connectivity index (χ3v) is 4.76.